The molecular formula is C25H42O5Si. The van der Waals surface area contributed by atoms with Gasteiger partial charge in [0.15, 0.2) is 13.7 Å². The number of ether oxygens (including phenoxy) is 2. The van der Waals surface area contributed by atoms with Gasteiger partial charge in [0.05, 0.1) is 14.2 Å². The van der Waals surface area contributed by atoms with Crippen molar-refractivity contribution in [3.63, 3.8) is 0 Å². The van der Waals surface area contributed by atoms with E-state index in [2.05, 4.69) is 60.6 Å². The highest BCUT2D eigenvalue weighted by Gasteiger charge is 2.55. The second-order valence-corrected chi connectivity index (χ2v) is 15.8. The van der Waals surface area contributed by atoms with E-state index in [0.29, 0.717) is 35.4 Å². The van der Waals surface area contributed by atoms with Crippen molar-refractivity contribution in [3.8, 4) is 0 Å². The summed E-state index contributed by atoms with van der Waals surface area (Å²) in [4.78, 5) is 25.1. The first-order chi connectivity index (χ1) is 14.5. The van der Waals surface area contributed by atoms with Gasteiger partial charge in [0.25, 0.3) is 0 Å². The maximum atomic E-state index is 12.6. The minimum atomic E-state index is -1.91. The fraction of sp³-hybridized carbons (Fsp3) is 0.760. The molecule has 2 atom stereocenters. The van der Waals surface area contributed by atoms with Crippen LogP contribution in [-0.4, -0.2) is 41.1 Å². The van der Waals surface area contributed by atoms with Crippen molar-refractivity contribution in [2.45, 2.75) is 84.4 Å². The summed E-state index contributed by atoms with van der Waals surface area (Å²) in [6.45, 7) is 16.7. The maximum absolute atomic E-state index is 12.6. The van der Waals surface area contributed by atoms with Crippen LogP contribution in [0.25, 0.3) is 0 Å². The fourth-order valence-electron chi connectivity index (χ4n) is 6.21. The Bertz CT molecular complexity index is 696. The maximum Gasteiger partial charge on any atom is 0.323 e. The van der Waals surface area contributed by atoms with Crippen molar-refractivity contribution in [2.75, 3.05) is 20.8 Å². The summed E-state index contributed by atoms with van der Waals surface area (Å²) < 4.78 is 16.8. The van der Waals surface area contributed by atoms with E-state index in [-0.39, 0.29) is 5.92 Å². The molecule has 31 heavy (non-hydrogen) atoms. The van der Waals surface area contributed by atoms with Gasteiger partial charge in [0.2, 0.25) is 0 Å². The molecule has 6 heteroatoms. The molecule has 0 saturated heterocycles. The predicted molar refractivity (Wildman–Crippen MR) is 126 cm³/mol. The van der Waals surface area contributed by atoms with Crippen molar-refractivity contribution in [1.29, 1.82) is 0 Å². The van der Waals surface area contributed by atoms with Crippen LogP contribution in [0.1, 0.15) is 67.7 Å². The summed E-state index contributed by atoms with van der Waals surface area (Å²) in [7, 11) is 0.753. The minimum Gasteiger partial charge on any atom is -0.468 e. The number of hydrogen-bond acceptors (Lipinski definition) is 5. The van der Waals surface area contributed by atoms with Gasteiger partial charge in [-0.25, -0.2) is 0 Å². The fourth-order valence-corrected chi connectivity index (χ4v) is 11.7. The topological polar surface area (TPSA) is 61.8 Å². The van der Waals surface area contributed by atoms with Gasteiger partial charge >= 0.3 is 11.9 Å². The second kappa shape index (κ2) is 10.0. The van der Waals surface area contributed by atoms with Crippen LogP contribution < -0.4 is 0 Å². The summed E-state index contributed by atoms with van der Waals surface area (Å²) in [5.41, 5.74) is 2.87. The van der Waals surface area contributed by atoms with Crippen LogP contribution in [0.5, 0.6) is 0 Å². The largest absolute Gasteiger partial charge is 0.468 e. The molecule has 0 bridgehead atoms. The monoisotopic (exact) mass is 450 g/mol. The predicted octanol–water partition coefficient (Wildman–Crippen LogP) is 5.81. The number of carbonyl (C=O) groups is 2. The van der Waals surface area contributed by atoms with Gasteiger partial charge in [-0.15, -0.1) is 0 Å². The van der Waals surface area contributed by atoms with Gasteiger partial charge in [-0.1, -0.05) is 64.8 Å². The Morgan fingerprint density at radius 3 is 1.97 bits per heavy atom. The Labute approximate surface area is 189 Å². The molecule has 0 aliphatic heterocycles. The quantitative estimate of drug-likeness (QED) is 0.202. The van der Waals surface area contributed by atoms with Gasteiger partial charge in [-0.05, 0) is 48.7 Å². The van der Waals surface area contributed by atoms with Gasteiger partial charge in [-0.2, -0.15) is 0 Å². The molecule has 0 unspecified atom stereocenters. The average Bonchev–Trinajstić information content (AvgIpc) is 3.04. The van der Waals surface area contributed by atoms with Crippen LogP contribution in [0, 0.1) is 17.3 Å². The van der Waals surface area contributed by atoms with Crippen molar-refractivity contribution in [1.82, 2.24) is 0 Å². The van der Waals surface area contributed by atoms with Crippen LogP contribution in [0.3, 0.4) is 0 Å². The number of fused-ring (bicyclic) bond motifs is 1. The summed E-state index contributed by atoms with van der Waals surface area (Å²) in [5, 5.41) is 0. The summed E-state index contributed by atoms with van der Waals surface area (Å²) in [5.74, 6) is -0.623. The molecule has 0 aromatic rings. The Morgan fingerprint density at radius 2 is 1.52 bits per heavy atom. The van der Waals surface area contributed by atoms with Gasteiger partial charge in [-0.3, -0.25) is 9.59 Å². The second-order valence-electron chi connectivity index (χ2n) is 10.3. The van der Waals surface area contributed by atoms with E-state index in [1.807, 2.05) is 0 Å². The first kappa shape index (κ1) is 25.9. The lowest BCUT2D eigenvalue weighted by Crippen LogP contribution is -2.48. The lowest BCUT2D eigenvalue weighted by atomic mass is 9.84. The smallest absolute Gasteiger partial charge is 0.323 e. The molecule has 1 saturated carbocycles. The summed E-state index contributed by atoms with van der Waals surface area (Å²) in [6, 6.07) is 0. The normalized spacial score (nSPS) is 23.4. The molecule has 0 N–H and O–H groups in total. The van der Waals surface area contributed by atoms with Crippen LogP contribution >= 0.6 is 0 Å². The van der Waals surface area contributed by atoms with Crippen LogP contribution in [0.2, 0.25) is 16.6 Å². The molecule has 2 rings (SSSR count). The molecule has 0 spiro atoms. The first-order valence-electron chi connectivity index (χ1n) is 11.6. The van der Waals surface area contributed by atoms with Crippen molar-refractivity contribution >= 4 is 20.3 Å². The van der Waals surface area contributed by atoms with E-state index >= 15 is 0 Å². The number of esters is 2. The first-order valence-corrected chi connectivity index (χ1v) is 13.8. The molecule has 0 heterocycles. The average molecular weight is 451 g/mol. The number of methoxy groups -OCH3 is 2. The SMILES string of the molecule is COC(=O)C1(C(=O)OC)CC2=C(C)C[C@H](CO[Si](C(C)C)(C(C)C)C(C)C)C=C[C@H]2C1. The number of carbonyl (C=O) groups excluding carboxylic acids is 2. The van der Waals surface area contributed by atoms with Crippen LogP contribution in [-0.2, 0) is 23.5 Å². The molecule has 176 valence electrons. The summed E-state index contributed by atoms with van der Waals surface area (Å²) >= 11 is 0. The van der Waals surface area contributed by atoms with Crippen molar-refractivity contribution in [3.05, 3.63) is 23.3 Å². The minimum absolute atomic E-state index is 0.0606. The van der Waals surface area contributed by atoms with Crippen LogP contribution in [0.4, 0.5) is 0 Å². The molecule has 0 aromatic carbocycles. The molecule has 0 radical (unpaired) electrons. The lowest BCUT2D eigenvalue weighted by molar-refractivity contribution is -0.168. The number of hydrogen-bond donors (Lipinski definition) is 0. The van der Waals surface area contributed by atoms with Crippen LogP contribution in [0.15, 0.2) is 23.3 Å². The third-order valence-electron chi connectivity index (χ3n) is 7.65. The van der Waals surface area contributed by atoms with E-state index in [1.54, 1.807) is 0 Å². The van der Waals surface area contributed by atoms with E-state index in [9.17, 15) is 9.59 Å². The molecular weight excluding hydrogens is 408 g/mol. The Balaban J connectivity index is 2.24. The zero-order valence-electron chi connectivity index (χ0n) is 20.9. The van der Waals surface area contributed by atoms with E-state index in [0.717, 1.165) is 13.0 Å². The standard InChI is InChI=1S/C25H42O5Si/c1-16(2)31(17(3)4,18(5)6)30-15-20-10-11-21-13-25(23(26)28-8,24(27)29-9)14-22(21)19(7)12-20/h10-11,16-18,20-21H,12-15H2,1-9H3/t20-,21+/m1/s1. The van der Waals surface area contributed by atoms with E-state index in [1.165, 1.54) is 25.4 Å². The zero-order valence-corrected chi connectivity index (χ0v) is 21.9. The van der Waals surface area contributed by atoms with Crippen molar-refractivity contribution in [2.24, 2.45) is 17.3 Å². The third kappa shape index (κ3) is 4.70. The molecule has 0 aromatic heterocycles. The Kier molecular flexibility index (Phi) is 8.37. The molecule has 0 amide bonds. The highest BCUT2D eigenvalue weighted by Crippen LogP contribution is 2.51. The summed E-state index contributed by atoms with van der Waals surface area (Å²) in [6.07, 6.45) is 6.09. The van der Waals surface area contributed by atoms with E-state index in [4.69, 9.17) is 13.9 Å². The molecule has 5 nitrogen and oxygen atoms in total. The molecule has 2 aliphatic carbocycles. The van der Waals surface area contributed by atoms with Crippen molar-refractivity contribution < 1.29 is 23.5 Å². The number of allylic oxidation sites excluding steroid dienone is 3. The third-order valence-corrected chi connectivity index (χ3v) is 13.7. The van der Waals surface area contributed by atoms with Gasteiger partial charge in [0, 0.05) is 12.5 Å². The highest BCUT2D eigenvalue weighted by molar-refractivity contribution is 6.77. The van der Waals surface area contributed by atoms with E-state index < -0.39 is 25.7 Å². The van der Waals surface area contributed by atoms with Gasteiger partial charge < -0.3 is 13.9 Å². The van der Waals surface area contributed by atoms with Gasteiger partial charge in [0.1, 0.15) is 0 Å². The molecule has 1 fully saturated rings. The lowest BCUT2D eigenvalue weighted by Gasteiger charge is -2.42. The molecule has 2 aliphatic rings. The highest BCUT2D eigenvalue weighted by atomic mass is 28.4. The zero-order chi connectivity index (χ0) is 23.6. The Hall–Kier alpha value is -1.40. The Morgan fingerprint density at radius 1 is 1.00 bits per heavy atom. The number of rotatable bonds is 8.